The molecule has 0 bridgehead atoms. The first kappa shape index (κ1) is 20.9. The number of rotatable bonds is 8. The molecule has 10 heteroatoms. The van der Waals surface area contributed by atoms with Crippen molar-refractivity contribution in [2.24, 2.45) is 5.41 Å². The van der Waals surface area contributed by atoms with Gasteiger partial charge in [0.25, 0.3) is 0 Å². The van der Waals surface area contributed by atoms with Gasteiger partial charge in [-0.3, -0.25) is 9.59 Å². The van der Waals surface area contributed by atoms with E-state index >= 15 is 0 Å². The summed E-state index contributed by atoms with van der Waals surface area (Å²) < 4.78 is 62.5. The molecule has 1 spiro atoms. The van der Waals surface area contributed by atoms with Crippen LogP contribution in [0.5, 0.6) is 0 Å². The molecule has 0 aliphatic carbocycles. The second-order valence-corrected chi connectivity index (χ2v) is 6.73. The fourth-order valence-corrected chi connectivity index (χ4v) is 2.51. The highest BCUT2D eigenvalue weighted by Gasteiger charge is 2.49. The van der Waals surface area contributed by atoms with Gasteiger partial charge in [0.1, 0.15) is 25.7 Å². The van der Waals surface area contributed by atoms with Gasteiger partial charge in [-0.2, -0.15) is 13.2 Å². The van der Waals surface area contributed by atoms with Gasteiger partial charge in [-0.25, -0.2) is 0 Å². The zero-order valence-electron chi connectivity index (χ0n) is 14.7. The molecule has 0 amide bonds. The first-order valence-corrected chi connectivity index (χ1v) is 8.37. The summed E-state index contributed by atoms with van der Waals surface area (Å²) in [6.07, 6.45) is -5.59. The molecule has 3 unspecified atom stereocenters. The molecule has 2 saturated heterocycles. The van der Waals surface area contributed by atoms with E-state index in [1.165, 1.54) is 0 Å². The number of hydrogen-bond acceptors (Lipinski definition) is 7. The molecular weight excluding hydrogens is 361 g/mol. The van der Waals surface area contributed by atoms with E-state index in [2.05, 4.69) is 0 Å². The third-order valence-electron chi connectivity index (χ3n) is 4.40. The predicted octanol–water partition coefficient (Wildman–Crippen LogP) is 1.97. The molecular formula is C16H23F3O7. The summed E-state index contributed by atoms with van der Waals surface area (Å²) in [5, 5.41) is 0. The maximum Gasteiger partial charge on any atom is 0.391 e. The molecule has 2 aliphatic heterocycles. The Hall–Kier alpha value is -1.39. The van der Waals surface area contributed by atoms with Gasteiger partial charge < -0.3 is 23.7 Å². The van der Waals surface area contributed by atoms with E-state index in [4.69, 9.17) is 23.7 Å². The highest BCUT2D eigenvalue weighted by Crippen LogP contribution is 2.33. The quantitative estimate of drug-likeness (QED) is 0.468. The number of carbonyl (C=O) groups excluding carboxylic acids is 2. The lowest BCUT2D eigenvalue weighted by molar-refractivity contribution is -0.179. The summed E-state index contributed by atoms with van der Waals surface area (Å²) in [4.78, 5) is 23.5. The number of cyclic esters (lactones) is 1. The molecule has 0 aromatic rings. The van der Waals surface area contributed by atoms with Gasteiger partial charge in [-0.05, 0) is 13.3 Å². The van der Waals surface area contributed by atoms with Crippen molar-refractivity contribution in [2.75, 3.05) is 33.0 Å². The van der Waals surface area contributed by atoms with Gasteiger partial charge in [0.2, 0.25) is 5.79 Å². The van der Waals surface area contributed by atoms with Crippen molar-refractivity contribution in [1.82, 2.24) is 0 Å². The average molecular weight is 384 g/mol. The summed E-state index contributed by atoms with van der Waals surface area (Å²) in [5.41, 5.74) is -1.06. The zero-order valence-corrected chi connectivity index (χ0v) is 14.7. The molecule has 2 heterocycles. The fourth-order valence-electron chi connectivity index (χ4n) is 2.51. The molecule has 0 radical (unpaired) electrons. The van der Waals surface area contributed by atoms with Crippen molar-refractivity contribution in [3.63, 3.8) is 0 Å². The van der Waals surface area contributed by atoms with Gasteiger partial charge in [-0.1, -0.05) is 6.92 Å². The molecule has 2 fully saturated rings. The lowest BCUT2D eigenvalue weighted by Gasteiger charge is -2.26. The van der Waals surface area contributed by atoms with E-state index in [-0.39, 0.29) is 32.8 Å². The standard InChI is InChI=1S/C16H23F3O7/c1-3-14(2,9-22-5-4-16(17,18)19)13(21)23-7-11-8-25-15(26-11)6-12(20)24-10-15/h11H,3-10H2,1-2H3. The minimum absolute atomic E-state index is 0.00397. The summed E-state index contributed by atoms with van der Waals surface area (Å²) in [5.74, 6) is -2.12. The fraction of sp³-hybridized carbons (Fsp3) is 0.875. The van der Waals surface area contributed by atoms with Gasteiger partial charge in [0, 0.05) is 0 Å². The van der Waals surface area contributed by atoms with Crippen molar-refractivity contribution in [3.8, 4) is 0 Å². The molecule has 2 rings (SSSR count). The van der Waals surface area contributed by atoms with Crippen molar-refractivity contribution in [1.29, 1.82) is 0 Å². The minimum Gasteiger partial charge on any atom is -0.462 e. The minimum atomic E-state index is -4.30. The normalized spacial score (nSPS) is 28.2. The van der Waals surface area contributed by atoms with Crippen LogP contribution >= 0.6 is 0 Å². The van der Waals surface area contributed by atoms with Crippen LogP contribution in [-0.4, -0.2) is 63.0 Å². The topological polar surface area (TPSA) is 80.3 Å². The van der Waals surface area contributed by atoms with E-state index < -0.39 is 48.4 Å². The van der Waals surface area contributed by atoms with Crippen molar-refractivity contribution < 1.29 is 46.4 Å². The Morgan fingerprint density at radius 3 is 2.69 bits per heavy atom. The van der Waals surface area contributed by atoms with E-state index in [0.29, 0.717) is 6.42 Å². The number of ether oxygens (including phenoxy) is 5. The molecule has 26 heavy (non-hydrogen) atoms. The van der Waals surface area contributed by atoms with Gasteiger partial charge in [0.15, 0.2) is 0 Å². The molecule has 2 aliphatic rings. The summed E-state index contributed by atoms with van der Waals surface area (Å²) >= 11 is 0. The second-order valence-electron chi connectivity index (χ2n) is 6.73. The maximum atomic E-state index is 12.3. The lowest BCUT2D eigenvalue weighted by atomic mass is 9.89. The van der Waals surface area contributed by atoms with Crippen LogP contribution in [0, 0.1) is 5.41 Å². The first-order valence-electron chi connectivity index (χ1n) is 8.37. The third kappa shape index (κ3) is 5.55. The van der Waals surface area contributed by atoms with Gasteiger partial charge in [-0.15, -0.1) is 0 Å². The Kier molecular flexibility index (Phi) is 6.51. The van der Waals surface area contributed by atoms with Gasteiger partial charge >= 0.3 is 18.1 Å². The summed E-state index contributed by atoms with van der Waals surface area (Å²) in [6.45, 7) is 2.66. The Morgan fingerprint density at radius 2 is 2.12 bits per heavy atom. The number of carbonyl (C=O) groups is 2. The predicted molar refractivity (Wildman–Crippen MR) is 80.0 cm³/mol. The summed E-state index contributed by atoms with van der Waals surface area (Å²) in [6, 6.07) is 0. The van der Waals surface area contributed by atoms with Crippen LogP contribution in [0.25, 0.3) is 0 Å². The SMILES string of the molecule is CCC(C)(COCCC(F)(F)F)C(=O)OCC1COC2(COC(=O)C2)O1. The van der Waals surface area contributed by atoms with E-state index in [9.17, 15) is 22.8 Å². The Bertz CT molecular complexity index is 524. The molecule has 150 valence electrons. The number of hydrogen-bond donors (Lipinski definition) is 0. The van der Waals surface area contributed by atoms with Crippen LogP contribution in [0.1, 0.15) is 33.1 Å². The molecule has 0 aromatic carbocycles. The summed E-state index contributed by atoms with van der Waals surface area (Å²) in [7, 11) is 0. The van der Waals surface area contributed by atoms with E-state index in [1.807, 2.05) is 0 Å². The molecule has 0 N–H and O–H groups in total. The molecule has 7 nitrogen and oxygen atoms in total. The monoisotopic (exact) mass is 384 g/mol. The zero-order chi connectivity index (χ0) is 19.4. The molecule has 3 atom stereocenters. The largest absolute Gasteiger partial charge is 0.462 e. The van der Waals surface area contributed by atoms with Crippen LogP contribution in [0.3, 0.4) is 0 Å². The maximum absolute atomic E-state index is 12.3. The first-order chi connectivity index (χ1) is 12.1. The Balaban J connectivity index is 1.75. The van der Waals surface area contributed by atoms with E-state index in [1.54, 1.807) is 13.8 Å². The average Bonchev–Trinajstić information content (AvgIpc) is 3.14. The second kappa shape index (κ2) is 8.10. The highest BCUT2D eigenvalue weighted by molar-refractivity contribution is 5.76. The van der Waals surface area contributed by atoms with Crippen LogP contribution in [0.4, 0.5) is 13.2 Å². The van der Waals surface area contributed by atoms with Gasteiger partial charge in [0.05, 0.1) is 31.7 Å². The highest BCUT2D eigenvalue weighted by atomic mass is 19.4. The van der Waals surface area contributed by atoms with Crippen LogP contribution in [0.15, 0.2) is 0 Å². The van der Waals surface area contributed by atoms with Crippen molar-refractivity contribution in [3.05, 3.63) is 0 Å². The number of halogens is 3. The Morgan fingerprint density at radius 1 is 1.38 bits per heavy atom. The van der Waals surface area contributed by atoms with E-state index in [0.717, 1.165) is 0 Å². The molecule has 0 saturated carbocycles. The Labute approximate surface area is 149 Å². The lowest BCUT2D eigenvalue weighted by Crippen LogP contribution is -2.37. The number of alkyl halides is 3. The van der Waals surface area contributed by atoms with Crippen LogP contribution in [0.2, 0.25) is 0 Å². The van der Waals surface area contributed by atoms with Crippen molar-refractivity contribution in [2.45, 2.75) is 51.2 Å². The van der Waals surface area contributed by atoms with Crippen molar-refractivity contribution >= 4 is 11.9 Å². The smallest absolute Gasteiger partial charge is 0.391 e. The third-order valence-corrected chi connectivity index (χ3v) is 4.40. The van der Waals surface area contributed by atoms with Crippen LogP contribution < -0.4 is 0 Å². The molecule has 0 aromatic heterocycles. The number of esters is 2. The van der Waals surface area contributed by atoms with Crippen LogP contribution in [-0.2, 0) is 33.3 Å².